The van der Waals surface area contributed by atoms with Gasteiger partial charge in [-0.05, 0) is 24.1 Å². The highest BCUT2D eigenvalue weighted by atomic mass is 35.5. The van der Waals surface area contributed by atoms with Crippen LogP contribution in [0, 0.1) is 5.92 Å². The minimum Gasteiger partial charge on any atom is -0.327 e. The van der Waals surface area contributed by atoms with Gasteiger partial charge in [0.25, 0.3) is 0 Å². The third kappa shape index (κ3) is 4.25. The lowest BCUT2D eigenvalue weighted by atomic mass is 10.0. The van der Waals surface area contributed by atoms with Crippen molar-refractivity contribution in [3.8, 4) is 0 Å². The summed E-state index contributed by atoms with van der Waals surface area (Å²) in [4.78, 5) is 0.568. The second-order valence-electron chi connectivity index (χ2n) is 4.14. The van der Waals surface area contributed by atoms with E-state index in [1.54, 1.807) is 18.2 Å². The third-order valence-corrected chi connectivity index (χ3v) is 5.05. The van der Waals surface area contributed by atoms with Crippen molar-refractivity contribution in [1.29, 1.82) is 0 Å². The molecule has 17 heavy (non-hydrogen) atoms. The maximum Gasteiger partial charge on any atom is 0.0589 e. The molecule has 0 heterocycles. The molecule has 0 saturated carbocycles. The summed E-state index contributed by atoms with van der Waals surface area (Å²) in [6.45, 7) is 4.13. The smallest absolute Gasteiger partial charge is 0.0589 e. The zero-order valence-corrected chi connectivity index (χ0v) is 12.3. The highest BCUT2D eigenvalue weighted by Gasteiger charge is 2.17. The summed E-state index contributed by atoms with van der Waals surface area (Å²) in [7, 11) is -1.20. The molecule has 1 rings (SSSR count). The molecule has 2 nitrogen and oxygen atoms in total. The van der Waals surface area contributed by atoms with Crippen LogP contribution < -0.4 is 5.73 Å². The average molecular weight is 294 g/mol. The Balaban J connectivity index is 2.79. The zero-order valence-electron chi connectivity index (χ0n) is 9.95. The summed E-state index contributed by atoms with van der Waals surface area (Å²) in [6.07, 6.45) is 0.974. The lowest BCUT2D eigenvalue weighted by Crippen LogP contribution is -2.33. The van der Waals surface area contributed by atoms with E-state index in [0.29, 0.717) is 26.6 Å². The van der Waals surface area contributed by atoms with Crippen LogP contribution in [-0.4, -0.2) is 16.0 Å². The van der Waals surface area contributed by atoms with Crippen molar-refractivity contribution < 1.29 is 4.21 Å². The van der Waals surface area contributed by atoms with Gasteiger partial charge in [-0.3, -0.25) is 4.21 Å². The van der Waals surface area contributed by atoms with E-state index >= 15 is 0 Å². The van der Waals surface area contributed by atoms with E-state index in [9.17, 15) is 4.21 Å². The fourth-order valence-electron chi connectivity index (χ4n) is 1.38. The molecule has 0 aliphatic heterocycles. The summed E-state index contributed by atoms with van der Waals surface area (Å²) in [5.41, 5.74) is 5.98. The van der Waals surface area contributed by atoms with Gasteiger partial charge in [0.1, 0.15) is 0 Å². The Morgan fingerprint density at radius 1 is 1.41 bits per heavy atom. The molecular weight excluding hydrogens is 277 g/mol. The Morgan fingerprint density at radius 3 is 2.65 bits per heavy atom. The molecule has 1 aromatic carbocycles. The maximum atomic E-state index is 12.1. The van der Waals surface area contributed by atoms with Gasteiger partial charge in [0, 0.05) is 16.8 Å². The highest BCUT2D eigenvalue weighted by Crippen LogP contribution is 2.24. The van der Waals surface area contributed by atoms with Crippen molar-refractivity contribution in [1.82, 2.24) is 0 Å². The molecule has 0 fully saturated rings. The maximum absolute atomic E-state index is 12.1. The normalized spacial score (nSPS) is 16.5. The molecule has 0 radical (unpaired) electrons. The summed E-state index contributed by atoms with van der Waals surface area (Å²) in [6, 6.07) is 4.89. The van der Waals surface area contributed by atoms with Crippen LogP contribution in [0.1, 0.15) is 20.3 Å². The Bertz CT molecular complexity index is 411. The Kier molecular flexibility index (Phi) is 5.93. The molecule has 0 aliphatic rings. The van der Waals surface area contributed by atoms with Crippen LogP contribution in [0.2, 0.25) is 10.0 Å². The predicted octanol–water partition coefficient (Wildman–Crippen LogP) is 3.47. The van der Waals surface area contributed by atoms with Crippen LogP contribution >= 0.6 is 23.2 Å². The van der Waals surface area contributed by atoms with Crippen LogP contribution in [-0.2, 0) is 10.8 Å². The number of nitrogens with two attached hydrogens (primary N) is 1. The summed E-state index contributed by atoms with van der Waals surface area (Å²) in [5.74, 6) is 0.756. The van der Waals surface area contributed by atoms with Crippen LogP contribution in [0.4, 0.5) is 0 Å². The van der Waals surface area contributed by atoms with Gasteiger partial charge in [-0.25, -0.2) is 0 Å². The Hall–Kier alpha value is -0.0900. The molecule has 96 valence electrons. The van der Waals surface area contributed by atoms with Crippen LogP contribution in [0.5, 0.6) is 0 Å². The van der Waals surface area contributed by atoms with Crippen molar-refractivity contribution in [2.45, 2.75) is 31.2 Å². The Morgan fingerprint density at radius 2 is 2.06 bits per heavy atom. The van der Waals surface area contributed by atoms with Crippen molar-refractivity contribution >= 4 is 34.0 Å². The molecule has 0 aliphatic carbocycles. The molecule has 0 bridgehead atoms. The fourth-order valence-corrected chi connectivity index (χ4v) is 3.40. The van der Waals surface area contributed by atoms with E-state index in [2.05, 4.69) is 13.8 Å². The Labute approximate surface area is 115 Å². The van der Waals surface area contributed by atoms with E-state index in [1.165, 1.54) is 0 Å². The first-order valence-electron chi connectivity index (χ1n) is 5.54. The lowest BCUT2D eigenvalue weighted by Gasteiger charge is -2.18. The number of rotatable bonds is 5. The summed E-state index contributed by atoms with van der Waals surface area (Å²) >= 11 is 11.9. The second kappa shape index (κ2) is 6.74. The van der Waals surface area contributed by atoms with Crippen LogP contribution in [0.25, 0.3) is 0 Å². The van der Waals surface area contributed by atoms with Crippen molar-refractivity contribution in [2.75, 3.05) is 5.75 Å². The largest absolute Gasteiger partial charge is 0.327 e. The molecule has 3 atom stereocenters. The van der Waals surface area contributed by atoms with Crippen molar-refractivity contribution in [3.63, 3.8) is 0 Å². The molecule has 0 aromatic heterocycles. The molecule has 1 aromatic rings. The van der Waals surface area contributed by atoms with Gasteiger partial charge < -0.3 is 5.73 Å². The number of halogens is 2. The monoisotopic (exact) mass is 293 g/mol. The van der Waals surface area contributed by atoms with Gasteiger partial charge in [0.2, 0.25) is 0 Å². The topological polar surface area (TPSA) is 43.1 Å². The third-order valence-electron chi connectivity index (χ3n) is 2.86. The molecule has 3 unspecified atom stereocenters. The van der Waals surface area contributed by atoms with Gasteiger partial charge in [0.05, 0.1) is 20.7 Å². The number of benzene rings is 1. The second-order valence-corrected chi connectivity index (χ2v) is 6.44. The molecule has 0 spiro atoms. The van der Waals surface area contributed by atoms with E-state index in [1.807, 2.05) is 0 Å². The van der Waals surface area contributed by atoms with Gasteiger partial charge in [-0.1, -0.05) is 43.5 Å². The van der Waals surface area contributed by atoms with Gasteiger partial charge in [0.15, 0.2) is 0 Å². The van der Waals surface area contributed by atoms with E-state index in [-0.39, 0.29) is 6.04 Å². The summed E-state index contributed by atoms with van der Waals surface area (Å²) in [5, 5.41) is 1.01. The molecule has 2 N–H and O–H groups in total. The first-order chi connectivity index (χ1) is 7.95. The van der Waals surface area contributed by atoms with Gasteiger partial charge >= 0.3 is 0 Å². The zero-order chi connectivity index (χ0) is 13.0. The lowest BCUT2D eigenvalue weighted by molar-refractivity contribution is 0.472. The first kappa shape index (κ1) is 15.0. The molecule has 0 saturated heterocycles. The van der Waals surface area contributed by atoms with Gasteiger partial charge in [-0.2, -0.15) is 0 Å². The molecule has 0 amide bonds. The predicted molar refractivity (Wildman–Crippen MR) is 75.2 cm³/mol. The standard InChI is InChI=1S/C12H17Cl2NOS/c1-3-8(2)11(15)7-17(16)12-6-9(13)4-5-10(12)14/h4-6,8,11H,3,7,15H2,1-2H3. The van der Waals surface area contributed by atoms with Crippen LogP contribution in [0.15, 0.2) is 23.1 Å². The quantitative estimate of drug-likeness (QED) is 0.903. The van der Waals surface area contributed by atoms with E-state index in [4.69, 9.17) is 28.9 Å². The minimum atomic E-state index is -1.20. The van der Waals surface area contributed by atoms with Crippen molar-refractivity contribution in [2.24, 2.45) is 11.7 Å². The van der Waals surface area contributed by atoms with Crippen LogP contribution in [0.3, 0.4) is 0 Å². The first-order valence-corrected chi connectivity index (χ1v) is 7.62. The highest BCUT2D eigenvalue weighted by molar-refractivity contribution is 7.85. The molecule has 5 heteroatoms. The average Bonchev–Trinajstić information content (AvgIpc) is 2.30. The summed E-state index contributed by atoms with van der Waals surface area (Å²) < 4.78 is 12.1. The minimum absolute atomic E-state index is 0.0871. The molecular formula is C12H17Cl2NOS. The van der Waals surface area contributed by atoms with E-state index < -0.39 is 10.8 Å². The van der Waals surface area contributed by atoms with E-state index in [0.717, 1.165) is 6.42 Å². The van der Waals surface area contributed by atoms with Gasteiger partial charge in [-0.15, -0.1) is 0 Å². The number of hydrogen-bond acceptors (Lipinski definition) is 2. The fraction of sp³-hybridized carbons (Fsp3) is 0.500. The van der Waals surface area contributed by atoms with Crippen molar-refractivity contribution in [3.05, 3.63) is 28.2 Å². The number of hydrogen-bond donors (Lipinski definition) is 1. The SMILES string of the molecule is CCC(C)C(N)CS(=O)c1cc(Cl)ccc1Cl.